The summed E-state index contributed by atoms with van der Waals surface area (Å²) in [6.45, 7) is 0. The van der Waals surface area contributed by atoms with E-state index in [9.17, 15) is 0 Å². The molecule has 0 amide bonds. The quantitative estimate of drug-likeness (QED) is 0.482. The van der Waals surface area contributed by atoms with Crippen molar-refractivity contribution in [2.45, 2.75) is 0 Å². The molecule has 0 fully saturated rings. The monoisotopic (exact) mass is 84.0 g/mol. The molecule has 1 aromatic rings. The molecule has 0 saturated heterocycles. The van der Waals surface area contributed by atoms with Crippen LogP contribution in [0.2, 0.25) is 0 Å². The molecule has 2 radical (unpaired) electrons. The highest BCUT2D eigenvalue weighted by molar-refractivity contribution is 4.72. The van der Waals surface area contributed by atoms with E-state index in [2.05, 4.69) is 10.2 Å². The van der Waals surface area contributed by atoms with Crippen LogP contribution in [0.3, 0.4) is 0 Å². The number of nitrogens with one attached hydrogen (secondary N) is 1. The molecule has 1 aromatic heterocycles. The van der Waals surface area contributed by atoms with Crippen LogP contribution in [0.4, 0.5) is 0 Å². The highest BCUT2D eigenvalue weighted by atomic mass is 16.0. The predicted molar refractivity (Wildman–Crippen MR) is 19.3 cm³/mol. The lowest BCUT2D eigenvalue weighted by Gasteiger charge is -1.49. The van der Waals surface area contributed by atoms with Crippen LogP contribution in [0.5, 0.6) is 0 Å². The van der Waals surface area contributed by atoms with Crippen LogP contribution in [0, 0.1) is 0 Å². The van der Waals surface area contributed by atoms with Gasteiger partial charge in [0.2, 0.25) is 0 Å². The Kier molecular flexibility index (Phi) is 2.08. The minimum atomic E-state index is 0. The molecule has 32 valence electrons. The zero-order valence-corrected chi connectivity index (χ0v) is 3.09. The van der Waals surface area contributed by atoms with Crippen LogP contribution < -0.4 is 0 Å². The van der Waals surface area contributed by atoms with Gasteiger partial charge in [0.25, 0.3) is 0 Å². The molecule has 0 saturated carbocycles. The SMILES string of the molecule is [O].c1cn[nH]c1. The lowest BCUT2D eigenvalue weighted by molar-refractivity contribution is 0.686. The van der Waals surface area contributed by atoms with Crippen molar-refractivity contribution in [3.05, 3.63) is 18.5 Å². The molecule has 3 heteroatoms. The van der Waals surface area contributed by atoms with Crippen molar-refractivity contribution in [2.75, 3.05) is 0 Å². The van der Waals surface area contributed by atoms with Crippen LogP contribution in [-0.2, 0) is 5.48 Å². The van der Waals surface area contributed by atoms with Crippen molar-refractivity contribution in [3.8, 4) is 0 Å². The number of aromatic amines is 1. The first-order chi connectivity index (χ1) is 2.50. The molecule has 0 spiro atoms. The number of nitrogens with zero attached hydrogens (tertiary/aromatic N) is 1. The van der Waals surface area contributed by atoms with Gasteiger partial charge in [-0.3, -0.25) is 5.10 Å². The van der Waals surface area contributed by atoms with Crippen LogP contribution in [0.15, 0.2) is 18.5 Å². The van der Waals surface area contributed by atoms with Gasteiger partial charge in [-0.15, -0.1) is 0 Å². The van der Waals surface area contributed by atoms with E-state index >= 15 is 0 Å². The van der Waals surface area contributed by atoms with Gasteiger partial charge in [0.1, 0.15) is 0 Å². The van der Waals surface area contributed by atoms with Crippen molar-refractivity contribution in [1.82, 2.24) is 10.2 Å². The first kappa shape index (κ1) is 5.17. The fraction of sp³-hybridized carbons (Fsp3) is 0. The predicted octanol–water partition coefficient (Wildman–Crippen LogP) is 0.291. The maximum absolute atomic E-state index is 3.60. The van der Waals surface area contributed by atoms with E-state index < -0.39 is 0 Å². The zero-order valence-electron chi connectivity index (χ0n) is 3.09. The van der Waals surface area contributed by atoms with Crippen LogP contribution in [0.1, 0.15) is 0 Å². The van der Waals surface area contributed by atoms with Crippen LogP contribution >= 0.6 is 0 Å². The molecular formula is C3H4N2O. The van der Waals surface area contributed by atoms with Crippen molar-refractivity contribution in [3.63, 3.8) is 0 Å². The molecule has 0 aliphatic rings. The van der Waals surface area contributed by atoms with Crippen molar-refractivity contribution >= 4 is 0 Å². The maximum atomic E-state index is 3.60. The van der Waals surface area contributed by atoms with E-state index in [0.29, 0.717) is 0 Å². The Morgan fingerprint density at radius 2 is 2.33 bits per heavy atom. The van der Waals surface area contributed by atoms with Gasteiger partial charge < -0.3 is 0 Å². The lowest BCUT2D eigenvalue weighted by atomic mass is 10.8. The number of hydrogen-bond acceptors (Lipinski definition) is 1. The number of H-pyrrole nitrogens is 1. The van der Waals surface area contributed by atoms with Gasteiger partial charge in [0.15, 0.2) is 0 Å². The van der Waals surface area contributed by atoms with Crippen molar-refractivity contribution in [2.24, 2.45) is 0 Å². The van der Waals surface area contributed by atoms with Gasteiger partial charge in [-0.1, -0.05) is 0 Å². The molecule has 0 aromatic carbocycles. The van der Waals surface area contributed by atoms with E-state index in [-0.39, 0.29) is 5.48 Å². The van der Waals surface area contributed by atoms with Crippen LogP contribution in [-0.4, -0.2) is 10.2 Å². The minimum Gasteiger partial charge on any atom is -0.286 e. The number of rotatable bonds is 0. The van der Waals surface area contributed by atoms with E-state index in [1.807, 2.05) is 6.07 Å². The Morgan fingerprint density at radius 3 is 2.50 bits per heavy atom. The summed E-state index contributed by atoms with van der Waals surface area (Å²) in [7, 11) is 0. The smallest absolute Gasteiger partial charge is 0.0487 e. The van der Waals surface area contributed by atoms with E-state index in [1.54, 1.807) is 12.4 Å². The second-order valence-corrected chi connectivity index (χ2v) is 0.766. The molecule has 6 heavy (non-hydrogen) atoms. The summed E-state index contributed by atoms with van der Waals surface area (Å²) >= 11 is 0. The Bertz CT molecular complexity index is 65.3. The summed E-state index contributed by atoms with van der Waals surface area (Å²) in [6, 6.07) is 1.83. The summed E-state index contributed by atoms with van der Waals surface area (Å²) < 4.78 is 0. The topological polar surface area (TPSA) is 57.2 Å². The summed E-state index contributed by atoms with van der Waals surface area (Å²) in [4.78, 5) is 0. The molecule has 0 atom stereocenters. The van der Waals surface area contributed by atoms with Gasteiger partial charge in [-0.2, -0.15) is 5.10 Å². The molecule has 0 unspecified atom stereocenters. The van der Waals surface area contributed by atoms with Gasteiger partial charge in [-0.05, 0) is 6.07 Å². The Labute approximate surface area is 35.3 Å². The number of aromatic nitrogens is 2. The summed E-state index contributed by atoms with van der Waals surface area (Å²) in [5.74, 6) is 0. The van der Waals surface area contributed by atoms with Crippen molar-refractivity contribution in [1.29, 1.82) is 0 Å². The molecule has 1 heterocycles. The fourth-order valence-electron chi connectivity index (χ4n) is 0.215. The highest BCUT2D eigenvalue weighted by Gasteiger charge is 1.56. The van der Waals surface area contributed by atoms with E-state index in [0.717, 1.165) is 0 Å². The molecule has 0 aliphatic carbocycles. The molecule has 0 aliphatic heterocycles. The van der Waals surface area contributed by atoms with Gasteiger partial charge in [0.05, 0.1) is 0 Å². The highest BCUT2D eigenvalue weighted by Crippen LogP contribution is 1.64. The summed E-state index contributed by atoms with van der Waals surface area (Å²) in [6.07, 6.45) is 3.46. The summed E-state index contributed by atoms with van der Waals surface area (Å²) in [5.41, 5.74) is 0. The third-order valence-electron chi connectivity index (χ3n) is 0.406. The molecule has 1 N–H and O–H groups in total. The second kappa shape index (κ2) is 2.41. The standard InChI is InChI=1S/C3H4N2.O/c1-2-4-5-3-1;/h1-3H,(H,4,5);. The molecular weight excluding hydrogens is 80.0 g/mol. The average molecular weight is 84.1 g/mol. The van der Waals surface area contributed by atoms with Gasteiger partial charge >= 0.3 is 0 Å². The van der Waals surface area contributed by atoms with E-state index in [4.69, 9.17) is 0 Å². The first-order valence-corrected chi connectivity index (χ1v) is 1.44. The molecule has 0 bridgehead atoms. The lowest BCUT2D eigenvalue weighted by Crippen LogP contribution is -1.53. The normalized spacial score (nSPS) is 6.67. The Hall–Kier alpha value is -0.830. The first-order valence-electron chi connectivity index (χ1n) is 1.44. The third-order valence-corrected chi connectivity index (χ3v) is 0.406. The largest absolute Gasteiger partial charge is 0.286 e. The number of hydrogen-bond donors (Lipinski definition) is 1. The minimum absolute atomic E-state index is 0. The molecule has 1 rings (SSSR count). The van der Waals surface area contributed by atoms with Gasteiger partial charge in [0, 0.05) is 17.9 Å². The Balaban J connectivity index is 0.000000250. The average Bonchev–Trinajstić information content (AvgIpc) is 1.76. The fourth-order valence-corrected chi connectivity index (χ4v) is 0.215. The second-order valence-electron chi connectivity index (χ2n) is 0.766. The molecule has 3 nitrogen and oxygen atoms in total. The maximum Gasteiger partial charge on any atom is 0.0487 e. The van der Waals surface area contributed by atoms with Crippen molar-refractivity contribution < 1.29 is 5.48 Å². The summed E-state index contributed by atoms with van der Waals surface area (Å²) in [5, 5.41) is 6.21. The zero-order chi connectivity index (χ0) is 3.54. The third kappa shape index (κ3) is 0.858. The van der Waals surface area contributed by atoms with Gasteiger partial charge in [-0.25, -0.2) is 0 Å². The van der Waals surface area contributed by atoms with E-state index in [1.165, 1.54) is 0 Å². The van der Waals surface area contributed by atoms with Crippen LogP contribution in [0.25, 0.3) is 0 Å². The Morgan fingerprint density at radius 1 is 1.50 bits per heavy atom.